The van der Waals surface area contributed by atoms with Crippen molar-refractivity contribution in [3.8, 4) is 0 Å². The van der Waals surface area contributed by atoms with Gasteiger partial charge in [0.2, 0.25) is 0 Å². The number of hydrogen-bond donors (Lipinski definition) is 2. The van der Waals surface area contributed by atoms with Crippen LogP contribution in [-0.4, -0.2) is 26.0 Å². The quantitative estimate of drug-likeness (QED) is 0.747. The predicted octanol–water partition coefficient (Wildman–Crippen LogP) is 1.41. The van der Waals surface area contributed by atoms with Gasteiger partial charge in [0.25, 0.3) is 0 Å². The molecule has 0 saturated carbocycles. The molecule has 0 unspecified atom stereocenters. The van der Waals surface area contributed by atoms with E-state index in [0.717, 1.165) is 0 Å². The molecule has 0 fully saturated rings. The summed E-state index contributed by atoms with van der Waals surface area (Å²) in [7, 11) is -3.60. The second kappa shape index (κ2) is 6.83. The monoisotopic (exact) mass is 301 g/mol. The first-order valence-corrected chi connectivity index (χ1v) is 7.81. The van der Waals surface area contributed by atoms with Gasteiger partial charge < -0.3 is 5.73 Å². The van der Waals surface area contributed by atoms with Crippen LogP contribution in [0.1, 0.15) is 20.3 Å². The van der Waals surface area contributed by atoms with E-state index in [-0.39, 0.29) is 12.6 Å². The maximum Gasteiger partial charge on any atom is 0.301 e. The molecular weight excluding hydrogens is 282 g/mol. The lowest BCUT2D eigenvalue weighted by molar-refractivity contribution is 0.565. The zero-order valence-corrected chi connectivity index (χ0v) is 12.7. The number of rotatable bonds is 7. The smallest absolute Gasteiger partial charge is 0.301 e. The van der Waals surface area contributed by atoms with Crippen molar-refractivity contribution in [1.29, 1.82) is 0 Å². The minimum atomic E-state index is -3.60. The minimum absolute atomic E-state index is 0.180. The molecule has 1 aromatic carbocycles. The molecule has 0 saturated heterocycles. The van der Waals surface area contributed by atoms with Crippen LogP contribution in [0, 0.1) is 0 Å². The van der Waals surface area contributed by atoms with Crippen LogP contribution < -0.4 is 14.8 Å². The van der Waals surface area contributed by atoms with Crippen molar-refractivity contribution in [2.24, 2.45) is 5.73 Å². The van der Waals surface area contributed by atoms with Gasteiger partial charge in [-0.05, 0) is 26.0 Å². The Morgan fingerprint density at radius 2 is 1.95 bits per heavy atom. The molecule has 0 bridgehead atoms. The van der Waals surface area contributed by atoms with Gasteiger partial charge in [0.05, 0.1) is 10.7 Å². The fourth-order valence-electron chi connectivity index (χ4n) is 1.56. The summed E-state index contributed by atoms with van der Waals surface area (Å²) in [4.78, 5) is 0.292. The molecule has 0 aliphatic heterocycles. The van der Waals surface area contributed by atoms with Crippen molar-refractivity contribution >= 4 is 33.1 Å². The second-order valence-electron chi connectivity index (χ2n) is 4.40. The highest BCUT2D eigenvalue weighted by Gasteiger charge is 2.22. The molecule has 0 aromatic heterocycles. The van der Waals surface area contributed by atoms with E-state index in [2.05, 4.69) is 4.72 Å². The first-order valence-electron chi connectivity index (χ1n) is 5.96. The maximum atomic E-state index is 12.3. The van der Waals surface area contributed by atoms with Crippen LogP contribution in [-0.2, 0) is 10.2 Å². The SMILES string of the molecule is CC(C)NS(=O)(=O)N(CCC(N)=S)c1ccccc1. The van der Waals surface area contributed by atoms with E-state index in [4.69, 9.17) is 18.0 Å². The normalized spacial score (nSPS) is 11.5. The van der Waals surface area contributed by atoms with Gasteiger partial charge >= 0.3 is 10.2 Å². The van der Waals surface area contributed by atoms with Crippen molar-refractivity contribution in [2.45, 2.75) is 26.3 Å². The molecule has 5 nitrogen and oxygen atoms in total. The van der Waals surface area contributed by atoms with Gasteiger partial charge in [-0.2, -0.15) is 13.1 Å². The van der Waals surface area contributed by atoms with Crippen molar-refractivity contribution in [1.82, 2.24) is 4.72 Å². The molecule has 1 rings (SSSR count). The van der Waals surface area contributed by atoms with Gasteiger partial charge in [-0.3, -0.25) is 4.31 Å². The summed E-state index contributed by atoms with van der Waals surface area (Å²) in [6.07, 6.45) is 0.337. The van der Waals surface area contributed by atoms with E-state index in [9.17, 15) is 8.42 Å². The first-order chi connectivity index (χ1) is 8.83. The van der Waals surface area contributed by atoms with Gasteiger partial charge in [0, 0.05) is 19.0 Å². The fraction of sp³-hybridized carbons (Fsp3) is 0.417. The third kappa shape index (κ3) is 5.14. The molecule has 19 heavy (non-hydrogen) atoms. The molecule has 0 radical (unpaired) electrons. The van der Waals surface area contributed by atoms with Gasteiger partial charge in [-0.1, -0.05) is 30.4 Å². The Bertz CT molecular complexity index is 515. The summed E-state index contributed by atoms with van der Waals surface area (Å²) >= 11 is 4.81. The fourth-order valence-corrected chi connectivity index (χ4v) is 3.10. The summed E-state index contributed by atoms with van der Waals surface area (Å²) in [6.45, 7) is 3.77. The Labute approximate surface area is 120 Å². The molecule has 0 aliphatic rings. The third-order valence-corrected chi connectivity index (χ3v) is 4.23. The molecule has 1 aromatic rings. The maximum absolute atomic E-state index is 12.3. The van der Waals surface area contributed by atoms with Crippen molar-refractivity contribution in [2.75, 3.05) is 10.8 Å². The lowest BCUT2D eigenvalue weighted by atomic mass is 10.3. The van der Waals surface area contributed by atoms with Gasteiger partial charge in [0.15, 0.2) is 0 Å². The van der Waals surface area contributed by atoms with Crippen LogP contribution in [0.3, 0.4) is 0 Å². The van der Waals surface area contributed by atoms with Crippen LogP contribution in [0.5, 0.6) is 0 Å². The van der Waals surface area contributed by atoms with Crippen molar-refractivity contribution in [3.05, 3.63) is 30.3 Å². The third-order valence-electron chi connectivity index (χ3n) is 2.28. The van der Waals surface area contributed by atoms with E-state index in [1.807, 2.05) is 6.07 Å². The number of anilines is 1. The molecule has 0 aliphatic carbocycles. The summed E-state index contributed by atoms with van der Waals surface area (Å²) < 4.78 is 28.4. The second-order valence-corrected chi connectivity index (χ2v) is 6.55. The molecular formula is C12H19N3O2S2. The Morgan fingerprint density at radius 3 is 2.42 bits per heavy atom. The highest BCUT2D eigenvalue weighted by molar-refractivity contribution is 7.90. The molecule has 0 amide bonds. The topological polar surface area (TPSA) is 75.4 Å². The number of thiocarbonyl (C=S) groups is 1. The lowest BCUT2D eigenvalue weighted by Gasteiger charge is -2.25. The average Bonchev–Trinajstić information content (AvgIpc) is 2.28. The van der Waals surface area contributed by atoms with Crippen LogP contribution >= 0.6 is 12.2 Å². The molecule has 0 atom stereocenters. The van der Waals surface area contributed by atoms with E-state index in [1.54, 1.807) is 38.1 Å². The summed E-state index contributed by atoms with van der Waals surface area (Å²) in [6, 6.07) is 8.69. The van der Waals surface area contributed by atoms with E-state index < -0.39 is 10.2 Å². The number of hydrogen-bond acceptors (Lipinski definition) is 3. The summed E-state index contributed by atoms with van der Waals surface area (Å²) in [5.74, 6) is 0. The molecule has 3 N–H and O–H groups in total. The van der Waals surface area contributed by atoms with E-state index >= 15 is 0 Å². The summed E-state index contributed by atoms with van der Waals surface area (Å²) in [5, 5.41) is 0. The number of benzene rings is 1. The molecule has 7 heteroatoms. The molecule has 0 heterocycles. The van der Waals surface area contributed by atoms with Crippen molar-refractivity contribution in [3.63, 3.8) is 0 Å². The highest BCUT2D eigenvalue weighted by atomic mass is 32.2. The Kier molecular flexibility index (Phi) is 5.71. The standard InChI is InChI=1S/C12H19N3O2S2/c1-10(2)14-19(16,17)15(9-8-12(13)18)11-6-4-3-5-7-11/h3-7,10,14H,8-9H2,1-2H3,(H2,13,18). The average molecular weight is 301 g/mol. The van der Waals surface area contributed by atoms with Crippen LogP contribution in [0.15, 0.2) is 30.3 Å². The zero-order valence-electron chi connectivity index (χ0n) is 11.0. The van der Waals surface area contributed by atoms with Gasteiger partial charge in [-0.25, -0.2) is 0 Å². The van der Waals surface area contributed by atoms with Gasteiger partial charge in [-0.15, -0.1) is 0 Å². The van der Waals surface area contributed by atoms with Crippen LogP contribution in [0.25, 0.3) is 0 Å². The summed E-state index contributed by atoms with van der Waals surface area (Å²) in [5.41, 5.74) is 6.04. The molecule has 106 valence electrons. The van der Waals surface area contributed by atoms with Gasteiger partial charge in [0.1, 0.15) is 0 Å². The van der Waals surface area contributed by atoms with Crippen LogP contribution in [0.2, 0.25) is 0 Å². The predicted molar refractivity (Wildman–Crippen MR) is 82.4 cm³/mol. The number of nitrogens with one attached hydrogen (secondary N) is 1. The van der Waals surface area contributed by atoms with E-state index in [0.29, 0.717) is 17.1 Å². The number of nitrogens with two attached hydrogens (primary N) is 1. The minimum Gasteiger partial charge on any atom is -0.393 e. The number of nitrogens with zero attached hydrogens (tertiary/aromatic N) is 1. The first kappa shape index (κ1) is 15.9. The Hall–Kier alpha value is -1.18. The van der Waals surface area contributed by atoms with Crippen molar-refractivity contribution < 1.29 is 8.42 Å². The molecule has 0 spiro atoms. The van der Waals surface area contributed by atoms with E-state index in [1.165, 1.54) is 4.31 Å². The zero-order chi connectivity index (χ0) is 14.5. The van der Waals surface area contributed by atoms with Crippen LogP contribution in [0.4, 0.5) is 5.69 Å². The largest absolute Gasteiger partial charge is 0.393 e. The Morgan fingerprint density at radius 1 is 1.37 bits per heavy atom. The number of para-hydroxylation sites is 1. The highest BCUT2D eigenvalue weighted by Crippen LogP contribution is 2.17. The lowest BCUT2D eigenvalue weighted by Crippen LogP contribution is -2.44. The Balaban J connectivity index is 3.02.